The molecule has 398 valence electrons. The minimum absolute atomic E-state index is 0.836. The molecule has 2 aliphatic carbocycles. The standard InChI is InChI=1S/C81H51NO3/c1-6-22-52(23-7-1)53-40-45-61(46-41-53)82(62-47-42-54(43-48-62)64-36-21-37-66-65-34-17-19-39-71(65)83-80(64)66)63-33-20-32-59(50-63)60-44-49-70-68(51-60)73-75(79(58-30-14-5-15-31-58)85-77(73)56-26-10-3-11-27-56)81(70)69-38-18-16-35-67(69)72-74(81)78(57-28-12-4-13-29-57)84-76(72)55-24-8-2-9-25-55/h1-51H. The number of furan rings is 3. The van der Waals surface area contributed by atoms with Crippen molar-refractivity contribution in [3.05, 3.63) is 332 Å². The topological polar surface area (TPSA) is 42.7 Å². The van der Waals surface area contributed by atoms with Crippen LogP contribution in [-0.4, -0.2) is 0 Å². The lowest BCUT2D eigenvalue weighted by Crippen LogP contribution is -2.26. The first-order valence-electron chi connectivity index (χ1n) is 29.0. The average Bonchev–Trinajstić information content (AvgIpc) is 1.62. The maximum Gasteiger partial charge on any atom is 0.143 e. The molecular formula is C81H51NO3. The van der Waals surface area contributed by atoms with Crippen LogP contribution >= 0.6 is 0 Å². The lowest BCUT2D eigenvalue weighted by Gasteiger charge is -2.30. The first-order chi connectivity index (χ1) is 42.2. The summed E-state index contributed by atoms with van der Waals surface area (Å²) >= 11 is 0. The van der Waals surface area contributed by atoms with Gasteiger partial charge in [-0.15, -0.1) is 0 Å². The number of anilines is 3. The van der Waals surface area contributed by atoms with E-state index < -0.39 is 5.41 Å². The predicted octanol–water partition coefficient (Wildman–Crippen LogP) is 22.3. The van der Waals surface area contributed by atoms with Gasteiger partial charge in [-0.25, -0.2) is 0 Å². The molecule has 0 aliphatic heterocycles. The molecule has 0 bridgehead atoms. The van der Waals surface area contributed by atoms with Crippen molar-refractivity contribution in [3.63, 3.8) is 0 Å². The van der Waals surface area contributed by atoms with E-state index in [-0.39, 0.29) is 0 Å². The van der Waals surface area contributed by atoms with Gasteiger partial charge in [-0.2, -0.15) is 0 Å². The van der Waals surface area contributed by atoms with Gasteiger partial charge in [0.2, 0.25) is 0 Å². The van der Waals surface area contributed by atoms with Gasteiger partial charge in [-0.05, 0) is 98.6 Å². The van der Waals surface area contributed by atoms with Crippen LogP contribution in [0.15, 0.2) is 323 Å². The van der Waals surface area contributed by atoms with Crippen LogP contribution in [0, 0.1) is 0 Å². The Hall–Kier alpha value is -11.2. The van der Waals surface area contributed by atoms with E-state index in [4.69, 9.17) is 13.3 Å². The quantitative estimate of drug-likeness (QED) is 0.137. The zero-order chi connectivity index (χ0) is 56.0. The van der Waals surface area contributed by atoms with Crippen LogP contribution in [0.3, 0.4) is 0 Å². The SMILES string of the molecule is c1ccc(-c2ccc(N(c3ccc(-c4cccc5c4oc4ccccc45)cc3)c3cccc(-c4ccc5c(c4)-c4c(-c6ccccc6)oc(-c6ccccc6)c4C54c5ccccc5-c5c(-c6ccccc6)oc(-c6ccccc6)c54)c3)cc2)cc1. The van der Waals surface area contributed by atoms with Gasteiger partial charge in [0.1, 0.15) is 34.2 Å². The number of hydrogen-bond donors (Lipinski definition) is 0. The van der Waals surface area contributed by atoms with E-state index in [0.717, 1.165) is 145 Å². The van der Waals surface area contributed by atoms with E-state index in [0.29, 0.717) is 0 Å². The highest BCUT2D eigenvalue weighted by Gasteiger charge is 2.58. The molecule has 1 spiro atoms. The maximum atomic E-state index is 7.53. The average molecular weight is 1090 g/mol. The number of hydrogen-bond acceptors (Lipinski definition) is 4. The number of benzene rings is 12. The molecule has 15 aromatic rings. The Morgan fingerprint density at radius 3 is 1.28 bits per heavy atom. The van der Waals surface area contributed by atoms with Crippen molar-refractivity contribution in [1.29, 1.82) is 0 Å². The third-order valence-corrected chi connectivity index (χ3v) is 17.5. The number of fused-ring (bicyclic) bond motifs is 13. The van der Waals surface area contributed by atoms with Crippen molar-refractivity contribution in [1.82, 2.24) is 0 Å². The smallest absolute Gasteiger partial charge is 0.143 e. The Kier molecular flexibility index (Phi) is 11.1. The number of para-hydroxylation sites is 2. The first-order valence-corrected chi connectivity index (χ1v) is 29.0. The molecule has 17 rings (SSSR count). The summed E-state index contributed by atoms with van der Waals surface area (Å²) in [4.78, 5) is 2.37. The molecule has 85 heavy (non-hydrogen) atoms. The van der Waals surface area contributed by atoms with Crippen molar-refractivity contribution in [2.75, 3.05) is 4.90 Å². The molecule has 0 saturated carbocycles. The monoisotopic (exact) mass is 1090 g/mol. The van der Waals surface area contributed by atoms with Crippen molar-refractivity contribution in [3.8, 4) is 101 Å². The summed E-state index contributed by atoms with van der Waals surface area (Å²) in [5, 5.41) is 2.23. The van der Waals surface area contributed by atoms with Gasteiger partial charge in [0.15, 0.2) is 0 Å². The van der Waals surface area contributed by atoms with Crippen molar-refractivity contribution >= 4 is 39.0 Å². The van der Waals surface area contributed by atoms with Crippen LogP contribution in [0.25, 0.3) is 123 Å². The zero-order valence-corrected chi connectivity index (χ0v) is 46.1. The van der Waals surface area contributed by atoms with Gasteiger partial charge in [-0.1, -0.05) is 261 Å². The molecule has 3 heterocycles. The zero-order valence-electron chi connectivity index (χ0n) is 46.1. The van der Waals surface area contributed by atoms with Gasteiger partial charge in [0.05, 0.1) is 5.41 Å². The third-order valence-electron chi connectivity index (χ3n) is 17.5. The van der Waals surface area contributed by atoms with Crippen LogP contribution in [0.5, 0.6) is 0 Å². The van der Waals surface area contributed by atoms with Crippen molar-refractivity contribution < 1.29 is 13.3 Å². The second kappa shape index (κ2) is 19.5. The van der Waals surface area contributed by atoms with Gasteiger partial charge in [0, 0.05) is 77.9 Å². The summed E-state index contributed by atoms with van der Waals surface area (Å²) in [6.07, 6.45) is 0. The molecule has 1 unspecified atom stereocenters. The Morgan fingerprint density at radius 1 is 0.247 bits per heavy atom. The maximum absolute atomic E-state index is 7.53. The minimum atomic E-state index is -0.856. The molecule has 0 amide bonds. The second-order valence-corrected chi connectivity index (χ2v) is 22.2. The Labute approximate surface area is 492 Å². The highest BCUT2D eigenvalue weighted by Crippen LogP contribution is 2.70. The molecule has 0 fully saturated rings. The molecule has 1 atom stereocenters. The van der Waals surface area contributed by atoms with Gasteiger partial charge in [0.25, 0.3) is 0 Å². The molecule has 4 heteroatoms. The molecule has 4 nitrogen and oxygen atoms in total. The number of nitrogens with zero attached hydrogens (tertiary/aromatic N) is 1. The van der Waals surface area contributed by atoms with E-state index in [1.54, 1.807) is 0 Å². The fourth-order valence-corrected chi connectivity index (χ4v) is 13.8. The van der Waals surface area contributed by atoms with Crippen LogP contribution in [0.2, 0.25) is 0 Å². The summed E-state index contributed by atoms with van der Waals surface area (Å²) in [5.41, 5.74) is 23.8. The van der Waals surface area contributed by atoms with E-state index in [9.17, 15) is 0 Å². The van der Waals surface area contributed by atoms with E-state index in [2.05, 4.69) is 302 Å². The van der Waals surface area contributed by atoms with Crippen molar-refractivity contribution in [2.45, 2.75) is 5.41 Å². The predicted molar refractivity (Wildman–Crippen MR) is 347 cm³/mol. The first kappa shape index (κ1) is 48.5. The molecule has 0 N–H and O–H groups in total. The van der Waals surface area contributed by atoms with Crippen molar-refractivity contribution in [2.24, 2.45) is 0 Å². The summed E-state index contributed by atoms with van der Waals surface area (Å²) in [5.74, 6) is 3.38. The van der Waals surface area contributed by atoms with E-state index >= 15 is 0 Å². The molecule has 3 aromatic heterocycles. The largest absolute Gasteiger partial charge is 0.455 e. The fraction of sp³-hybridized carbons (Fsp3) is 0.0123. The Bertz CT molecular complexity index is 5020. The highest BCUT2D eigenvalue weighted by atomic mass is 16.3. The highest BCUT2D eigenvalue weighted by molar-refractivity contribution is 6.10. The molecule has 2 aliphatic rings. The summed E-state index contributed by atoms with van der Waals surface area (Å²) < 4.78 is 21.5. The molecule has 0 radical (unpaired) electrons. The van der Waals surface area contributed by atoms with E-state index in [1.807, 2.05) is 12.1 Å². The van der Waals surface area contributed by atoms with Gasteiger partial charge in [-0.3, -0.25) is 0 Å². The molecule has 0 saturated heterocycles. The van der Waals surface area contributed by atoms with Gasteiger partial charge >= 0.3 is 0 Å². The summed E-state index contributed by atoms with van der Waals surface area (Å²) in [7, 11) is 0. The third kappa shape index (κ3) is 7.55. The summed E-state index contributed by atoms with van der Waals surface area (Å²) in [6.45, 7) is 0. The Balaban J connectivity index is 0.877. The lowest BCUT2D eigenvalue weighted by atomic mass is 9.69. The normalized spacial score (nSPS) is 13.7. The second-order valence-electron chi connectivity index (χ2n) is 22.2. The lowest BCUT2D eigenvalue weighted by molar-refractivity contribution is 0.579. The van der Waals surface area contributed by atoms with Gasteiger partial charge < -0.3 is 18.2 Å². The molecule has 12 aromatic carbocycles. The fourth-order valence-electron chi connectivity index (χ4n) is 13.8. The molecular weight excluding hydrogens is 1030 g/mol. The van der Waals surface area contributed by atoms with Crippen LogP contribution < -0.4 is 4.90 Å². The summed E-state index contributed by atoms with van der Waals surface area (Å²) in [6, 6.07) is 111. The van der Waals surface area contributed by atoms with Crippen LogP contribution in [-0.2, 0) is 5.41 Å². The van der Waals surface area contributed by atoms with Crippen LogP contribution in [0.4, 0.5) is 17.1 Å². The van der Waals surface area contributed by atoms with Crippen LogP contribution in [0.1, 0.15) is 22.3 Å². The Morgan fingerprint density at radius 2 is 0.671 bits per heavy atom. The van der Waals surface area contributed by atoms with E-state index in [1.165, 1.54) is 16.7 Å². The number of rotatable bonds is 10. The minimum Gasteiger partial charge on any atom is -0.455 e.